The number of rotatable bonds is 6. The quantitative estimate of drug-likeness (QED) is 0.786. The molecule has 1 N–H and O–H groups in total. The lowest BCUT2D eigenvalue weighted by molar-refractivity contribution is -0.123. The van der Waals surface area contributed by atoms with E-state index in [0.29, 0.717) is 10.8 Å². The zero-order valence-corrected chi connectivity index (χ0v) is 15.1. The summed E-state index contributed by atoms with van der Waals surface area (Å²) in [6, 6.07) is 12.6. The van der Waals surface area contributed by atoms with Gasteiger partial charge in [0.05, 0.1) is 18.2 Å². The second-order valence-corrected chi connectivity index (χ2v) is 6.25. The maximum Gasteiger partial charge on any atom is 0.258 e. The highest BCUT2D eigenvalue weighted by molar-refractivity contribution is 9.10. The highest BCUT2D eigenvalue weighted by atomic mass is 79.9. The van der Waals surface area contributed by atoms with Crippen LogP contribution < -0.4 is 14.8 Å². The molecule has 1 atom stereocenters. The minimum Gasteiger partial charge on any atom is -0.497 e. The maximum absolute atomic E-state index is 12.0. The van der Waals surface area contributed by atoms with Gasteiger partial charge in [-0.05, 0) is 42.8 Å². The molecule has 0 aliphatic carbocycles. The molecule has 2 aromatic rings. The number of carbonyl (C=O) groups is 1. The first kappa shape index (κ1) is 17.6. The number of amides is 1. The van der Waals surface area contributed by atoms with Crippen LogP contribution in [0, 0.1) is 0 Å². The normalized spacial score (nSPS) is 11.7. The van der Waals surface area contributed by atoms with Gasteiger partial charge in [-0.15, -0.1) is 0 Å². The lowest BCUT2D eigenvalue weighted by Gasteiger charge is -2.15. The fourth-order valence-electron chi connectivity index (χ4n) is 1.99. The largest absolute Gasteiger partial charge is 0.497 e. The van der Waals surface area contributed by atoms with E-state index in [-0.39, 0.29) is 18.6 Å². The van der Waals surface area contributed by atoms with Crippen LogP contribution in [0.3, 0.4) is 0 Å². The third kappa shape index (κ3) is 5.15. The first-order valence-electron chi connectivity index (χ1n) is 7.00. The third-order valence-corrected chi connectivity index (χ3v) is 4.03. The number of halogens is 2. The van der Waals surface area contributed by atoms with Crippen molar-refractivity contribution in [3.8, 4) is 11.5 Å². The number of methoxy groups -OCH3 is 1. The Labute approximate surface area is 148 Å². The SMILES string of the molecule is COc1ccc([C@@H](C)NC(=O)COc2ccc(Br)cc2Cl)cc1. The first-order chi connectivity index (χ1) is 11.0. The van der Waals surface area contributed by atoms with Crippen LogP contribution >= 0.6 is 27.5 Å². The van der Waals surface area contributed by atoms with Gasteiger partial charge >= 0.3 is 0 Å². The van der Waals surface area contributed by atoms with Crippen LogP contribution in [0.2, 0.25) is 5.02 Å². The van der Waals surface area contributed by atoms with Crippen LogP contribution in [-0.2, 0) is 4.79 Å². The van der Waals surface area contributed by atoms with Crippen LogP contribution in [0.5, 0.6) is 11.5 Å². The van der Waals surface area contributed by atoms with Gasteiger partial charge in [0.1, 0.15) is 11.5 Å². The minimum absolute atomic E-state index is 0.0954. The summed E-state index contributed by atoms with van der Waals surface area (Å²) in [7, 11) is 1.62. The molecule has 0 spiro atoms. The summed E-state index contributed by atoms with van der Waals surface area (Å²) >= 11 is 9.36. The summed E-state index contributed by atoms with van der Waals surface area (Å²) in [5.74, 6) is 1.04. The van der Waals surface area contributed by atoms with E-state index in [9.17, 15) is 4.79 Å². The van der Waals surface area contributed by atoms with Crippen molar-refractivity contribution in [2.75, 3.05) is 13.7 Å². The van der Waals surface area contributed by atoms with E-state index in [4.69, 9.17) is 21.1 Å². The third-order valence-electron chi connectivity index (χ3n) is 3.25. The predicted molar refractivity (Wildman–Crippen MR) is 94.2 cm³/mol. The van der Waals surface area contributed by atoms with Crippen LogP contribution in [-0.4, -0.2) is 19.6 Å². The minimum atomic E-state index is -0.215. The number of hydrogen-bond donors (Lipinski definition) is 1. The molecule has 0 radical (unpaired) electrons. The topological polar surface area (TPSA) is 47.6 Å². The van der Waals surface area contributed by atoms with E-state index in [1.807, 2.05) is 31.2 Å². The van der Waals surface area contributed by atoms with Gasteiger partial charge in [-0.3, -0.25) is 4.79 Å². The highest BCUT2D eigenvalue weighted by Gasteiger charge is 2.11. The fourth-order valence-corrected chi connectivity index (χ4v) is 2.72. The molecule has 122 valence electrons. The number of ether oxygens (including phenoxy) is 2. The van der Waals surface area contributed by atoms with Gasteiger partial charge in [0.15, 0.2) is 6.61 Å². The van der Waals surface area contributed by atoms with Crippen LogP contribution in [0.1, 0.15) is 18.5 Å². The van der Waals surface area contributed by atoms with E-state index < -0.39 is 0 Å². The van der Waals surface area contributed by atoms with Crippen molar-refractivity contribution in [2.24, 2.45) is 0 Å². The zero-order valence-electron chi connectivity index (χ0n) is 12.8. The fraction of sp³-hybridized carbons (Fsp3) is 0.235. The van der Waals surface area contributed by atoms with Gasteiger partial charge in [-0.1, -0.05) is 39.7 Å². The molecule has 4 nitrogen and oxygen atoms in total. The summed E-state index contributed by atoms with van der Waals surface area (Å²) in [5, 5.41) is 3.33. The van der Waals surface area contributed by atoms with E-state index in [0.717, 1.165) is 15.8 Å². The van der Waals surface area contributed by atoms with Gasteiger partial charge in [0.2, 0.25) is 0 Å². The Balaban J connectivity index is 1.88. The van der Waals surface area contributed by atoms with E-state index >= 15 is 0 Å². The Morgan fingerprint density at radius 2 is 1.96 bits per heavy atom. The maximum atomic E-state index is 12.0. The highest BCUT2D eigenvalue weighted by Crippen LogP contribution is 2.27. The monoisotopic (exact) mass is 397 g/mol. The molecular formula is C17H17BrClNO3. The van der Waals surface area contributed by atoms with E-state index in [1.165, 1.54) is 0 Å². The van der Waals surface area contributed by atoms with Crippen LogP contribution in [0.4, 0.5) is 0 Å². The standard InChI is InChI=1S/C17H17BrClNO3/c1-11(12-3-6-14(22-2)7-4-12)20-17(21)10-23-16-8-5-13(18)9-15(16)19/h3-9,11H,10H2,1-2H3,(H,20,21)/t11-/m1/s1. The average molecular weight is 399 g/mol. The van der Waals surface area contributed by atoms with Crippen LogP contribution in [0.15, 0.2) is 46.9 Å². The Bertz CT molecular complexity index is 676. The second kappa shape index (κ2) is 8.22. The van der Waals surface area contributed by atoms with Crippen molar-refractivity contribution in [1.29, 1.82) is 0 Å². The average Bonchev–Trinajstić information content (AvgIpc) is 2.54. The predicted octanol–water partition coefficient (Wildman–Crippen LogP) is 4.37. The Kier molecular flexibility index (Phi) is 6.30. The van der Waals surface area contributed by atoms with Crippen molar-refractivity contribution in [3.63, 3.8) is 0 Å². The van der Waals surface area contributed by atoms with Gasteiger partial charge in [-0.2, -0.15) is 0 Å². The molecule has 0 aliphatic heterocycles. The van der Waals surface area contributed by atoms with Crippen molar-refractivity contribution in [3.05, 3.63) is 57.5 Å². The molecule has 0 unspecified atom stereocenters. The van der Waals surface area contributed by atoms with Crippen molar-refractivity contribution in [1.82, 2.24) is 5.32 Å². The molecule has 0 aliphatic rings. The molecule has 0 bridgehead atoms. The second-order valence-electron chi connectivity index (χ2n) is 4.93. The Morgan fingerprint density at radius 1 is 1.26 bits per heavy atom. The lowest BCUT2D eigenvalue weighted by Crippen LogP contribution is -2.31. The molecule has 1 amide bonds. The van der Waals surface area contributed by atoms with Gasteiger partial charge in [0.25, 0.3) is 5.91 Å². The summed E-state index contributed by atoms with van der Waals surface area (Å²) in [4.78, 5) is 12.0. The van der Waals surface area contributed by atoms with Crippen molar-refractivity contribution in [2.45, 2.75) is 13.0 Å². The zero-order chi connectivity index (χ0) is 16.8. The molecule has 23 heavy (non-hydrogen) atoms. The molecule has 2 aromatic carbocycles. The molecule has 0 aromatic heterocycles. The van der Waals surface area contributed by atoms with Crippen molar-refractivity contribution < 1.29 is 14.3 Å². The molecule has 2 rings (SSSR count). The van der Waals surface area contributed by atoms with Gasteiger partial charge < -0.3 is 14.8 Å². The first-order valence-corrected chi connectivity index (χ1v) is 8.18. The number of benzene rings is 2. The van der Waals surface area contributed by atoms with Crippen LogP contribution in [0.25, 0.3) is 0 Å². The van der Waals surface area contributed by atoms with Gasteiger partial charge in [0, 0.05) is 4.47 Å². The molecule has 0 fully saturated rings. The molecule has 0 heterocycles. The lowest BCUT2D eigenvalue weighted by atomic mass is 10.1. The summed E-state index contributed by atoms with van der Waals surface area (Å²) in [5.41, 5.74) is 0.987. The molecule has 6 heteroatoms. The number of carbonyl (C=O) groups excluding carboxylic acids is 1. The van der Waals surface area contributed by atoms with E-state index in [2.05, 4.69) is 21.2 Å². The van der Waals surface area contributed by atoms with Crippen molar-refractivity contribution >= 4 is 33.4 Å². The van der Waals surface area contributed by atoms with E-state index in [1.54, 1.807) is 25.3 Å². The molecule has 0 saturated heterocycles. The summed E-state index contributed by atoms with van der Waals surface area (Å²) in [6.45, 7) is 1.81. The Hall–Kier alpha value is -1.72. The number of nitrogens with one attached hydrogen (secondary N) is 1. The Morgan fingerprint density at radius 3 is 2.57 bits per heavy atom. The number of hydrogen-bond acceptors (Lipinski definition) is 3. The molecule has 0 saturated carbocycles. The smallest absolute Gasteiger partial charge is 0.258 e. The molecular weight excluding hydrogens is 382 g/mol. The summed E-state index contributed by atoms with van der Waals surface area (Å²) in [6.07, 6.45) is 0. The summed E-state index contributed by atoms with van der Waals surface area (Å²) < 4.78 is 11.4. The van der Waals surface area contributed by atoms with Gasteiger partial charge in [-0.25, -0.2) is 0 Å².